The molecule has 1 aromatic carbocycles. The van der Waals surface area contributed by atoms with Crippen LogP contribution in [0.5, 0.6) is 5.75 Å². The molecular weight excluding hydrogens is 192 g/mol. The Balaban J connectivity index is 2.62. The fourth-order valence-corrected chi connectivity index (χ4v) is 2.10. The fraction of sp³-hybridized carbons (Fsp3) is 0.417. The number of hydrogen-bond acceptors (Lipinski definition) is 2. The van der Waals surface area contributed by atoms with Crippen LogP contribution in [0, 0.1) is 13.8 Å². The van der Waals surface area contributed by atoms with Crippen LogP contribution in [-0.4, -0.2) is 16.2 Å². The van der Waals surface area contributed by atoms with Crippen molar-refractivity contribution in [1.82, 2.24) is 0 Å². The smallest absolute Gasteiger partial charge is 0.314 e. The maximum atomic E-state index is 11.2. The number of rotatable bonds is 2. The van der Waals surface area contributed by atoms with Gasteiger partial charge < -0.3 is 10.2 Å². The first-order chi connectivity index (χ1) is 6.99. The average molecular weight is 206 g/mol. The third-order valence-corrected chi connectivity index (χ3v) is 3.35. The number of aliphatic carboxylic acids is 1. The lowest BCUT2D eigenvalue weighted by Gasteiger charge is -2.16. The first kappa shape index (κ1) is 10.0. The third-order valence-electron chi connectivity index (χ3n) is 3.35. The van der Waals surface area contributed by atoms with E-state index in [1.807, 2.05) is 19.9 Å². The summed E-state index contributed by atoms with van der Waals surface area (Å²) >= 11 is 0. The van der Waals surface area contributed by atoms with Gasteiger partial charge in [-0.2, -0.15) is 0 Å². The molecule has 1 aromatic rings. The summed E-state index contributed by atoms with van der Waals surface area (Å²) in [6.45, 7) is 3.80. The monoisotopic (exact) mass is 206 g/mol. The Morgan fingerprint density at radius 1 is 1.33 bits per heavy atom. The van der Waals surface area contributed by atoms with Crippen LogP contribution in [0.1, 0.15) is 29.5 Å². The van der Waals surface area contributed by atoms with E-state index in [4.69, 9.17) is 0 Å². The minimum absolute atomic E-state index is 0.109. The highest BCUT2D eigenvalue weighted by Gasteiger charge is 2.54. The standard InChI is InChI=1S/C12H14O3/c1-7-3-4-9(13)10(8(7)2)12(5-6-12)11(14)15/h3-4,13H,5-6H2,1-2H3,(H,14,15). The van der Waals surface area contributed by atoms with Gasteiger partial charge in [0.1, 0.15) is 5.75 Å². The van der Waals surface area contributed by atoms with Crippen LogP contribution in [0.4, 0.5) is 0 Å². The van der Waals surface area contributed by atoms with Crippen LogP contribution in [0.15, 0.2) is 12.1 Å². The van der Waals surface area contributed by atoms with Gasteiger partial charge in [-0.15, -0.1) is 0 Å². The summed E-state index contributed by atoms with van der Waals surface area (Å²) in [5.74, 6) is -0.718. The maximum absolute atomic E-state index is 11.2. The van der Waals surface area contributed by atoms with Crippen LogP contribution in [0.25, 0.3) is 0 Å². The van der Waals surface area contributed by atoms with Crippen LogP contribution in [0.3, 0.4) is 0 Å². The molecule has 0 saturated heterocycles. The minimum atomic E-state index is -0.827. The van der Waals surface area contributed by atoms with Gasteiger partial charge >= 0.3 is 5.97 Å². The van der Waals surface area contributed by atoms with E-state index in [1.54, 1.807) is 6.07 Å². The minimum Gasteiger partial charge on any atom is -0.508 e. The zero-order valence-corrected chi connectivity index (χ0v) is 8.87. The number of phenolic OH excluding ortho intramolecular Hbond substituents is 1. The molecule has 0 atom stereocenters. The van der Waals surface area contributed by atoms with E-state index in [0.717, 1.165) is 11.1 Å². The van der Waals surface area contributed by atoms with Gasteiger partial charge in [-0.1, -0.05) is 6.07 Å². The molecule has 2 rings (SSSR count). The lowest BCUT2D eigenvalue weighted by Crippen LogP contribution is -2.21. The van der Waals surface area contributed by atoms with Crippen LogP contribution in [0.2, 0.25) is 0 Å². The zero-order chi connectivity index (χ0) is 11.2. The Morgan fingerprint density at radius 3 is 2.40 bits per heavy atom. The zero-order valence-electron chi connectivity index (χ0n) is 8.87. The summed E-state index contributed by atoms with van der Waals surface area (Å²) in [6.07, 6.45) is 1.25. The van der Waals surface area contributed by atoms with Crippen molar-refractivity contribution in [2.45, 2.75) is 32.1 Å². The van der Waals surface area contributed by atoms with Gasteiger partial charge in [0.05, 0.1) is 5.41 Å². The van der Waals surface area contributed by atoms with Crippen molar-refractivity contribution in [3.05, 3.63) is 28.8 Å². The molecule has 0 amide bonds. The molecule has 3 heteroatoms. The molecule has 2 N–H and O–H groups in total. The van der Waals surface area contributed by atoms with Crippen molar-refractivity contribution in [3.63, 3.8) is 0 Å². The van der Waals surface area contributed by atoms with Crippen molar-refractivity contribution in [2.75, 3.05) is 0 Å². The lowest BCUT2D eigenvalue weighted by molar-refractivity contribution is -0.140. The Morgan fingerprint density at radius 2 is 1.93 bits per heavy atom. The van der Waals surface area contributed by atoms with Crippen molar-refractivity contribution >= 4 is 5.97 Å². The van der Waals surface area contributed by atoms with Crippen LogP contribution < -0.4 is 0 Å². The molecule has 1 aliphatic carbocycles. The highest BCUT2D eigenvalue weighted by Crippen LogP contribution is 2.52. The maximum Gasteiger partial charge on any atom is 0.314 e. The van der Waals surface area contributed by atoms with E-state index in [2.05, 4.69) is 0 Å². The number of aryl methyl sites for hydroxylation is 1. The summed E-state index contributed by atoms with van der Waals surface area (Å²) < 4.78 is 0. The van der Waals surface area contributed by atoms with E-state index in [0.29, 0.717) is 18.4 Å². The Kier molecular flexibility index (Phi) is 2.00. The second kappa shape index (κ2) is 2.99. The number of aromatic hydroxyl groups is 1. The molecule has 0 spiro atoms. The van der Waals surface area contributed by atoms with Crippen molar-refractivity contribution in [2.24, 2.45) is 0 Å². The molecule has 0 aliphatic heterocycles. The third kappa shape index (κ3) is 1.30. The number of carbonyl (C=O) groups is 1. The Labute approximate surface area is 88.4 Å². The molecule has 80 valence electrons. The van der Waals surface area contributed by atoms with Gasteiger partial charge in [-0.05, 0) is 43.9 Å². The van der Waals surface area contributed by atoms with Crippen LogP contribution in [-0.2, 0) is 10.2 Å². The topological polar surface area (TPSA) is 57.5 Å². The normalized spacial score (nSPS) is 17.5. The molecule has 1 saturated carbocycles. The molecule has 0 aromatic heterocycles. The van der Waals surface area contributed by atoms with E-state index in [-0.39, 0.29) is 5.75 Å². The number of carboxylic acids is 1. The summed E-state index contributed by atoms with van der Waals surface area (Å²) in [6, 6.07) is 3.40. The molecule has 15 heavy (non-hydrogen) atoms. The number of carboxylic acid groups (broad SMARTS) is 1. The lowest BCUT2D eigenvalue weighted by atomic mass is 9.89. The van der Waals surface area contributed by atoms with Gasteiger partial charge in [0, 0.05) is 5.56 Å². The molecule has 1 aliphatic rings. The van der Waals surface area contributed by atoms with E-state index in [1.165, 1.54) is 0 Å². The molecule has 1 fully saturated rings. The summed E-state index contributed by atoms with van der Waals surface area (Å²) in [7, 11) is 0. The van der Waals surface area contributed by atoms with E-state index >= 15 is 0 Å². The van der Waals surface area contributed by atoms with Crippen LogP contribution >= 0.6 is 0 Å². The SMILES string of the molecule is Cc1ccc(O)c(C2(C(=O)O)CC2)c1C. The fourth-order valence-electron chi connectivity index (χ4n) is 2.10. The predicted molar refractivity (Wildman–Crippen MR) is 56.1 cm³/mol. The van der Waals surface area contributed by atoms with Gasteiger partial charge in [-0.3, -0.25) is 4.79 Å². The Bertz CT molecular complexity index is 431. The number of hydrogen-bond donors (Lipinski definition) is 2. The highest BCUT2D eigenvalue weighted by atomic mass is 16.4. The van der Waals surface area contributed by atoms with Gasteiger partial charge in [0.25, 0.3) is 0 Å². The van der Waals surface area contributed by atoms with Crippen molar-refractivity contribution in [1.29, 1.82) is 0 Å². The van der Waals surface area contributed by atoms with E-state index in [9.17, 15) is 15.0 Å². The number of benzene rings is 1. The molecular formula is C12H14O3. The first-order valence-electron chi connectivity index (χ1n) is 5.02. The highest BCUT2D eigenvalue weighted by molar-refractivity contribution is 5.86. The molecule has 0 heterocycles. The Hall–Kier alpha value is -1.51. The molecule has 3 nitrogen and oxygen atoms in total. The molecule has 0 bridgehead atoms. The number of phenols is 1. The summed E-state index contributed by atoms with van der Waals surface area (Å²) in [5.41, 5.74) is 1.71. The predicted octanol–water partition coefficient (Wildman–Crippen LogP) is 2.13. The summed E-state index contributed by atoms with van der Waals surface area (Å²) in [4.78, 5) is 11.2. The molecule has 0 unspecified atom stereocenters. The van der Waals surface area contributed by atoms with Crippen molar-refractivity contribution < 1.29 is 15.0 Å². The second-order valence-electron chi connectivity index (χ2n) is 4.29. The molecule has 0 radical (unpaired) electrons. The second-order valence-corrected chi connectivity index (χ2v) is 4.29. The van der Waals surface area contributed by atoms with Gasteiger partial charge in [-0.25, -0.2) is 0 Å². The largest absolute Gasteiger partial charge is 0.508 e. The average Bonchev–Trinajstić information content (AvgIpc) is 2.93. The first-order valence-corrected chi connectivity index (χ1v) is 5.02. The van der Waals surface area contributed by atoms with Crippen molar-refractivity contribution in [3.8, 4) is 5.75 Å². The van der Waals surface area contributed by atoms with Gasteiger partial charge in [0.15, 0.2) is 0 Å². The van der Waals surface area contributed by atoms with Gasteiger partial charge in [0.2, 0.25) is 0 Å². The quantitative estimate of drug-likeness (QED) is 0.779. The van der Waals surface area contributed by atoms with E-state index < -0.39 is 11.4 Å². The summed E-state index contributed by atoms with van der Waals surface area (Å²) in [5, 5.41) is 19.0.